The molecule has 162 valence electrons. The van der Waals surface area contributed by atoms with Crippen LogP contribution < -0.4 is 10.6 Å². The second kappa shape index (κ2) is 9.97. The van der Waals surface area contributed by atoms with Crippen molar-refractivity contribution >= 4 is 21.8 Å². The van der Waals surface area contributed by atoms with Gasteiger partial charge in [0, 0.05) is 36.2 Å². The Balaban J connectivity index is 2.11. The minimum atomic E-state index is -4.58. The molecular weight excluding hydrogens is 404 g/mol. The van der Waals surface area contributed by atoms with Gasteiger partial charge in [-0.3, -0.25) is 14.1 Å². The first-order valence-electron chi connectivity index (χ1n) is 9.74. The van der Waals surface area contributed by atoms with Crippen molar-refractivity contribution < 1.29 is 22.6 Å². The molecule has 2 aromatic rings. The lowest BCUT2D eigenvalue weighted by Gasteiger charge is -2.12. The fourth-order valence-electron chi connectivity index (χ4n) is 2.79. The lowest BCUT2D eigenvalue weighted by atomic mass is 10.00. The van der Waals surface area contributed by atoms with Crippen LogP contribution in [0.5, 0.6) is 0 Å². The van der Waals surface area contributed by atoms with Crippen LogP contribution in [0.2, 0.25) is 0 Å². The van der Waals surface area contributed by atoms with E-state index in [9.17, 15) is 22.6 Å². The molecule has 0 radical (unpaired) electrons. The van der Waals surface area contributed by atoms with Crippen molar-refractivity contribution in [2.24, 2.45) is 5.92 Å². The summed E-state index contributed by atoms with van der Waals surface area (Å²) < 4.78 is 33.0. The van der Waals surface area contributed by atoms with Gasteiger partial charge in [0.2, 0.25) is 0 Å². The molecule has 0 heterocycles. The van der Waals surface area contributed by atoms with Crippen LogP contribution in [-0.4, -0.2) is 30.7 Å². The van der Waals surface area contributed by atoms with Crippen LogP contribution in [-0.2, 0) is 23.2 Å². The Bertz CT molecular complexity index is 1010. The van der Waals surface area contributed by atoms with E-state index < -0.39 is 20.9 Å². The zero-order valence-corrected chi connectivity index (χ0v) is 18.4. The molecule has 0 aliphatic heterocycles. The van der Waals surface area contributed by atoms with Crippen LogP contribution in [0.4, 0.5) is 0 Å². The van der Waals surface area contributed by atoms with E-state index in [4.69, 9.17) is 0 Å². The molecule has 0 saturated heterocycles. The van der Waals surface area contributed by atoms with Crippen LogP contribution in [0.1, 0.15) is 59.5 Å². The molecule has 0 aliphatic rings. The van der Waals surface area contributed by atoms with Gasteiger partial charge in [0.25, 0.3) is 16.0 Å². The third-order valence-corrected chi connectivity index (χ3v) is 5.39. The van der Waals surface area contributed by atoms with Crippen molar-refractivity contribution in [2.75, 3.05) is 0 Å². The molecule has 2 rings (SSSR count). The highest BCUT2D eigenvalue weighted by Crippen LogP contribution is 2.21. The molecule has 2 aromatic carbocycles. The Kier molecular flexibility index (Phi) is 7.89. The maximum atomic E-state index is 12.4. The number of benzene rings is 2. The van der Waals surface area contributed by atoms with Gasteiger partial charge in [0.1, 0.15) is 4.90 Å². The highest BCUT2D eigenvalue weighted by molar-refractivity contribution is 7.86. The van der Waals surface area contributed by atoms with Crippen LogP contribution >= 0.6 is 0 Å². The zero-order valence-electron chi connectivity index (χ0n) is 17.6. The third-order valence-electron chi connectivity index (χ3n) is 4.50. The first kappa shape index (κ1) is 23.7. The van der Waals surface area contributed by atoms with Crippen LogP contribution in [0.25, 0.3) is 0 Å². The molecule has 8 heteroatoms. The summed E-state index contributed by atoms with van der Waals surface area (Å²) in [5.74, 6) is -1.12. The van der Waals surface area contributed by atoms with Gasteiger partial charge in [0.15, 0.2) is 5.78 Å². The molecule has 0 aliphatic carbocycles. The third kappa shape index (κ3) is 6.48. The zero-order chi connectivity index (χ0) is 22.5. The Morgan fingerprint density at radius 1 is 0.933 bits per heavy atom. The smallest absolute Gasteiger partial charge is 0.295 e. The van der Waals surface area contributed by atoms with Gasteiger partial charge in [-0.25, -0.2) is 0 Å². The van der Waals surface area contributed by atoms with Gasteiger partial charge in [-0.1, -0.05) is 45.9 Å². The number of carbonyl (C=O) groups is 2. The number of ketones is 1. The summed E-state index contributed by atoms with van der Waals surface area (Å²) in [4.78, 5) is 24.2. The summed E-state index contributed by atoms with van der Waals surface area (Å²) in [7, 11) is -4.58. The standard InChI is InChI=1S/C22H28N2O5S/c1-14(2)21(25)19-10-7-17(11-20(19)30(27,28)29)13-24-22(26)18-8-5-16(6-9-18)12-23-15(3)4/h5-11,14-15,23H,12-13H2,1-4H3,(H,24,26)(H,27,28,29). The average molecular weight is 433 g/mol. The predicted octanol–water partition coefficient (Wildman–Crippen LogP) is 3.20. The van der Waals surface area contributed by atoms with E-state index in [1.165, 1.54) is 12.1 Å². The molecular formula is C22H28N2O5S. The summed E-state index contributed by atoms with van der Waals surface area (Å²) >= 11 is 0. The number of carbonyl (C=O) groups excluding carboxylic acids is 2. The number of hydrogen-bond donors (Lipinski definition) is 3. The summed E-state index contributed by atoms with van der Waals surface area (Å²) in [6.45, 7) is 8.16. The van der Waals surface area contributed by atoms with Crippen LogP contribution in [0, 0.1) is 5.92 Å². The van der Waals surface area contributed by atoms with Crippen molar-refractivity contribution in [3.05, 3.63) is 64.7 Å². The molecule has 0 saturated carbocycles. The lowest BCUT2D eigenvalue weighted by molar-refractivity contribution is 0.0931. The molecule has 0 spiro atoms. The van der Waals surface area contributed by atoms with Gasteiger partial charge in [-0.15, -0.1) is 0 Å². The predicted molar refractivity (Wildman–Crippen MR) is 115 cm³/mol. The summed E-state index contributed by atoms with van der Waals surface area (Å²) in [6, 6.07) is 11.7. The SMILES string of the molecule is CC(C)NCc1ccc(C(=O)NCc2ccc(C(=O)C(C)C)c(S(=O)(=O)O)c2)cc1. The van der Waals surface area contributed by atoms with Crippen molar-refractivity contribution in [3.8, 4) is 0 Å². The molecule has 0 fully saturated rings. The van der Waals surface area contributed by atoms with Crippen molar-refractivity contribution in [1.82, 2.24) is 10.6 Å². The number of nitrogens with one attached hydrogen (secondary N) is 2. The molecule has 0 bridgehead atoms. The number of amides is 1. The van der Waals surface area contributed by atoms with Gasteiger partial charge < -0.3 is 10.6 Å². The molecule has 30 heavy (non-hydrogen) atoms. The average Bonchev–Trinajstić information content (AvgIpc) is 2.69. The normalized spacial score (nSPS) is 11.7. The van der Waals surface area contributed by atoms with E-state index >= 15 is 0 Å². The topological polar surface area (TPSA) is 113 Å². The molecule has 1 amide bonds. The number of rotatable bonds is 9. The maximum absolute atomic E-state index is 12.4. The Morgan fingerprint density at radius 3 is 2.07 bits per heavy atom. The minimum Gasteiger partial charge on any atom is -0.348 e. The first-order chi connectivity index (χ1) is 14.0. The maximum Gasteiger partial charge on any atom is 0.295 e. The van der Waals surface area contributed by atoms with Crippen molar-refractivity contribution in [1.29, 1.82) is 0 Å². The van der Waals surface area contributed by atoms with E-state index in [2.05, 4.69) is 24.5 Å². The van der Waals surface area contributed by atoms with E-state index in [-0.39, 0.29) is 23.8 Å². The van der Waals surface area contributed by atoms with Crippen molar-refractivity contribution in [3.63, 3.8) is 0 Å². The Morgan fingerprint density at radius 2 is 1.53 bits per heavy atom. The van der Waals surface area contributed by atoms with E-state index in [1.807, 2.05) is 12.1 Å². The van der Waals surface area contributed by atoms with Gasteiger partial charge in [-0.05, 0) is 35.4 Å². The minimum absolute atomic E-state index is 0.0498. The molecule has 0 aromatic heterocycles. The molecule has 0 atom stereocenters. The van der Waals surface area contributed by atoms with Gasteiger partial charge in [-0.2, -0.15) is 8.42 Å². The lowest BCUT2D eigenvalue weighted by Crippen LogP contribution is -2.24. The largest absolute Gasteiger partial charge is 0.348 e. The quantitative estimate of drug-likeness (QED) is 0.414. The molecule has 3 N–H and O–H groups in total. The fraction of sp³-hybridized carbons (Fsp3) is 0.364. The van der Waals surface area contributed by atoms with Crippen LogP contribution in [0.3, 0.4) is 0 Å². The highest BCUT2D eigenvalue weighted by atomic mass is 32.2. The number of Topliss-reactive ketones (excluding diaryl/α,β-unsaturated/α-hetero) is 1. The fourth-order valence-corrected chi connectivity index (χ4v) is 3.53. The molecule has 0 unspecified atom stereocenters. The summed E-state index contributed by atoms with van der Waals surface area (Å²) in [6.07, 6.45) is 0. The second-order valence-electron chi connectivity index (χ2n) is 7.74. The van der Waals surface area contributed by atoms with Gasteiger partial charge >= 0.3 is 0 Å². The first-order valence-corrected chi connectivity index (χ1v) is 11.2. The highest BCUT2D eigenvalue weighted by Gasteiger charge is 2.22. The molecule has 7 nitrogen and oxygen atoms in total. The monoisotopic (exact) mass is 432 g/mol. The summed E-state index contributed by atoms with van der Waals surface area (Å²) in [5, 5.41) is 6.02. The Labute approximate surface area is 177 Å². The van der Waals surface area contributed by atoms with Gasteiger partial charge in [0.05, 0.1) is 0 Å². The second-order valence-corrected chi connectivity index (χ2v) is 9.13. The van der Waals surface area contributed by atoms with E-state index in [0.717, 1.165) is 5.56 Å². The van der Waals surface area contributed by atoms with E-state index in [1.54, 1.807) is 32.0 Å². The van der Waals surface area contributed by atoms with Crippen molar-refractivity contribution in [2.45, 2.75) is 51.7 Å². The van der Waals surface area contributed by atoms with E-state index in [0.29, 0.717) is 23.7 Å². The number of hydrogen-bond acceptors (Lipinski definition) is 5. The Hall–Kier alpha value is -2.55. The summed E-state index contributed by atoms with van der Waals surface area (Å²) in [5.41, 5.74) is 1.93. The van der Waals surface area contributed by atoms with Crippen LogP contribution in [0.15, 0.2) is 47.4 Å².